The van der Waals surface area contributed by atoms with Crippen molar-refractivity contribution in [1.82, 2.24) is 4.98 Å². The molecule has 1 aromatic rings. The van der Waals surface area contributed by atoms with Crippen LogP contribution in [0.3, 0.4) is 0 Å². The van der Waals surface area contributed by atoms with Crippen molar-refractivity contribution in [3.63, 3.8) is 0 Å². The molecule has 3 nitrogen and oxygen atoms in total. The lowest BCUT2D eigenvalue weighted by molar-refractivity contribution is 0.0926. The zero-order chi connectivity index (χ0) is 12.3. The van der Waals surface area contributed by atoms with E-state index in [1.165, 1.54) is 0 Å². The van der Waals surface area contributed by atoms with Gasteiger partial charge < -0.3 is 9.64 Å². The Bertz CT molecular complexity index is 387. The summed E-state index contributed by atoms with van der Waals surface area (Å²) in [6, 6.07) is 2.25. The molecule has 0 amide bonds. The van der Waals surface area contributed by atoms with Crippen LogP contribution < -0.4 is 4.90 Å². The van der Waals surface area contributed by atoms with E-state index in [1.807, 2.05) is 6.07 Å². The molecule has 1 fully saturated rings. The van der Waals surface area contributed by atoms with Crippen molar-refractivity contribution >= 4 is 29.0 Å². The van der Waals surface area contributed by atoms with Gasteiger partial charge in [0.1, 0.15) is 5.82 Å². The largest absolute Gasteiger partial charge is 0.377 e. The van der Waals surface area contributed by atoms with Crippen molar-refractivity contribution in [2.75, 3.05) is 24.7 Å². The third-order valence-electron chi connectivity index (χ3n) is 3.00. The van der Waals surface area contributed by atoms with Gasteiger partial charge in [0.05, 0.1) is 24.3 Å². The van der Waals surface area contributed by atoms with Crippen molar-refractivity contribution in [3.05, 3.63) is 22.8 Å². The predicted molar refractivity (Wildman–Crippen MR) is 71.0 cm³/mol. The number of halogens is 2. The van der Waals surface area contributed by atoms with E-state index < -0.39 is 0 Å². The quantitative estimate of drug-likeness (QED) is 0.793. The number of ether oxygens (including phenoxy) is 1. The minimum Gasteiger partial charge on any atom is -0.377 e. The standard InChI is InChI=1S/C12H16Cl2N2O/c1-2-10-8-17-4-3-16(10)12-11(14)5-9(6-13)7-15-12/h5,7,10H,2-4,6,8H2,1H3. The van der Waals surface area contributed by atoms with Crippen molar-refractivity contribution < 1.29 is 4.74 Å². The first-order valence-corrected chi connectivity index (χ1v) is 6.72. The number of rotatable bonds is 3. The van der Waals surface area contributed by atoms with Crippen LogP contribution in [0.2, 0.25) is 5.02 Å². The summed E-state index contributed by atoms with van der Waals surface area (Å²) >= 11 is 12.0. The number of anilines is 1. The van der Waals surface area contributed by atoms with Crippen LogP contribution in [0.15, 0.2) is 12.3 Å². The van der Waals surface area contributed by atoms with Gasteiger partial charge in [-0.05, 0) is 18.1 Å². The molecule has 17 heavy (non-hydrogen) atoms. The minimum atomic E-state index is 0.357. The Morgan fingerprint density at radius 3 is 3.06 bits per heavy atom. The molecule has 0 aromatic carbocycles. The van der Waals surface area contributed by atoms with Gasteiger partial charge in [0.25, 0.3) is 0 Å². The molecule has 0 spiro atoms. The van der Waals surface area contributed by atoms with Gasteiger partial charge >= 0.3 is 0 Å². The van der Waals surface area contributed by atoms with E-state index in [9.17, 15) is 0 Å². The molecule has 1 atom stereocenters. The van der Waals surface area contributed by atoms with Gasteiger partial charge in [-0.15, -0.1) is 11.6 Å². The third-order valence-corrected chi connectivity index (χ3v) is 3.59. The molecule has 0 saturated carbocycles. The molecule has 1 aliphatic rings. The van der Waals surface area contributed by atoms with Crippen molar-refractivity contribution in [3.8, 4) is 0 Å². The molecule has 0 aliphatic carbocycles. The van der Waals surface area contributed by atoms with Crippen molar-refractivity contribution in [2.24, 2.45) is 0 Å². The fourth-order valence-corrected chi connectivity index (χ4v) is 2.47. The maximum Gasteiger partial charge on any atom is 0.147 e. The highest BCUT2D eigenvalue weighted by molar-refractivity contribution is 6.33. The minimum absolute atomic E-state index is 0.357. The number of alkyl halides is 1. The lowest BCUT2D eigenvalue weighted by atomic mass is 10.1. The molecule has 1 aromatic heterocycles. The lowest BCUT2D eigenvalue weighted by Crippen LogP contribution is -2.45. The first kappa shape index (κ1) is 12.9. The molecule has 0 bridgehead atoms. The van der Waals surface area contributed by atoms with Gasteiger partial charge in [0.2, 0.25) is 0 Å². The summed E-state index contributed by atoms with van der Waals surface area (Å²) in [5.41, 5.74) is 0.946. The molecule has 94 valence electrons. The fraction of sp³-hybridized carbons (Fsp3) is 0.583. The average Bonchev–Trinajstić information content (AvgIpc) is 2.38. The maximum atomic E-state index is 6.26. The van der Waals surface area contributed by atoms with Crippen LogP contribution in [0.4, 0.5) is 5.82 Å². The van der Waals surface area contributed by atoms with Crippen LogP contribution >= 0.6 is 23.2 Å². The topological polar surface area (TPSA) is 25.4 Å². The van der Waals surface area contributed by atoms with E-state index in [2.05, 4.69) is 16.8 Å². The van der Waals surface area contributed by atoms with Crippen LogP contribution in [0.5, 0.6) is 0 Å². The number of pyridine rings is 1. The second-order valence-electron chi connectivity index (χ2n) is 4.11. The van der Waals surface area contributed by atoms with E-state index >= 15 is 0 Å². The van der Waals surface area contributed by atoms with Gasteiger partial charge in [-0.3, -0.25) is 0 Å². The normalized spacial score (nSPS) is 20.6. The molecule has 1 aliphatic heterocycles. The van der Waals surface area contributed by atoms with Crippen molar-refractivity contribution in [2.45, 2.75) is 25.3 Å². The van der Waals surface area contributed by atoms with Crippen LogP contribution in [0.1, 0.15) is 18.9 Å². The Kier molecular flexibility index (Phi) is 4.48. The molecular weight excluding hydrogens is 259 g/mol. The lowest BCUT2D eigenvalue weighted by Gasteiger charge is -2.36. The van der Waals surface area contributed by atoms with Gasteiger partial charge in [-0.2, -0.15) is 0 Å². The van der Waals surface area contributed by atoms with E-state index in [-0.39, 0.29) is 0 Å². The summed E-state index contributed by atoms with van der Waals surface area (Å²) in [5.74, 6) is 1.28. The van der Waals surface area contributed by atoms with E-state index in [4.69, 9.17) is 27.9 Å². The Morgan fingerprint density at radius 1 is 1.59 bits per heavy atom. The number of aromatic nitrogens is 1. The van der Waals surface area contributed by atoms with Crippen LogP contribution in [0.25, 0.3) is 0 Å². The van der Waals surface area contributed by atoms with E-state index in [1.54, 1.807) is 6.20 Å². The number of hydrogen-bond acceptors (Lipinski definition) is 3. The number of nitrogens with zero attached hydrogens (tertiary/aromatic N) is 2. The molecule has 1 unspecified atom stereocenters. The van der Waals surface area contributed by atoms with E-state index in [0.29, 0.717) is 16.9 Å². The Hall–Kier alpha value is -0.510. The molecule has 1 saturated heterocycles. The van der Waals surface area contributed by atoms with Crippen molar-refractivity contribution in [1.29, 1.82) is 0 Å². The maximum absolute atomic E-state index is 6.26. The Labute approximate surface area is 112 Å². The summed E-state index contributed by atoms with van der Waals surface area (Å²) in [6.45, 7) is 4.45. The highest BCUT2D eigenvalue weighted by atomic mass is 35.5. The smallest absolute Gasteiger partial charge is 0.147 e. The van der Waals surface area contributed by atoms with Gasteiger partial charge in [0.15, 0.2) is 0 Å². The summed E-state index contributed by atoms with van der Waals surface area (Å²) in [6.07, 6.45) is 2.81. The molecule has 0 radical (unpaired) electrons. The first-order valence-electron chi connectivity index (χ1n) is 5.81. The highest BCUT2D eigenvalue weighted by Gasteiger charge is 2.24. The predicted octanol–water partition coefficient (Wildman–Crippen LogP) is 3.09. The summed E-state index contributed by atoms with van der Waals surface area (Å²) in [5, 5.41) is 0.670. The number of morpholine rings is 1. The van der Waals surface area contributed by atoms with Gasteiger partial charge in [0, 0.05) is 18.6 Å². The number of hydrogen-bond donors (Lipinski definition) is 0. The summed E-state index contributed by atoms with van der Waals surface area (Å²) in [7, 11) is 0. The monoisotopic (exact) mass is 274 g/mol. The van der Waals surface area contributed by atoms with Crippen LogP contribution in [0, 0.1) is 0 Å². The summed E-state index contributed by atoms with van der Waals surface area (Å²) < 4.78 is 5.48. The van der Waals surface area contributed by atoms with Crippen LogP contribution in [-0.4, -0.2) is 30.8 Å². The highest BCUT2D eigenvalue weighted by Crippen LogP contribution is 2.28. The zero-order valence-corrected chi connectivity index (χ0v) is 11.3. The molecular formula is C12H16Cl2N2O. The van der Waals surface area contributed by atoms with Gasteiger partial charge in [-0.25, -0.2) is 4.98 Å². The molecule has 5 heteroatoms. The average molecular weight is 275 g/mol. The van der Waals surface area contributed by atoms with Crippen LogP contribution in [-0.2, 0) is 10.6 Å². The molecule has 2 heterocycles. The second-order valence-corrected chi connectivity index (χ2v) is 4.79. The SMILES string of the molecule is CCC1COCCN1c1ncc(CCl)cc1Cl. The Balaban J connectivity index is 2.25. The third kappa shape index (κ3) is 2.84. The molecule has 2 rings (SSSR count). The Morgan fingerprint density at radius 2 is 2.41 bits per heavy atom. The molecule has 0 N–H and O–H groups in total. The summed E-state index contributed by atoms with van der Waals surface area (Å²) in [4.78, 5) is 6.65. The fourth-order valence-electron chi connectivity index (χ4n) is 2.03. The van der Waals surface area contributed by atoms with Gasteiger partial charge in [-0.1, -0.05) is 18.5 Å². The zero-order valence-electron chi connectivity index (χ0n) is 9.83. The first-order chi connectivity index (χ1) is 8.26. The van der Waals surface area contributed by atoms with E-state index in [0.717, 1.165) is 37.6 Å². The second kappa shape index (κ2) is 5.89.